The van der Waals surface area contributed by atoms with E-state index in [2.05, 4.69) is 5.32 Å². The van der Waals surface area contributed by atoms with Crippen LogP contribution in [0.5, 0.6) is 0 Å². The Balaban J connectivity index is 2.87. The van der Waals surface area contributed by atoms with Gasteiger partial charge in [0.15, 0.2) is 0 Å². The molecule has 4 heteroatoms. The number of aliphatic hydroxyl groups excluding tert-OH is 1. The molecule has 0 bridgehead atoms. The Kier molecular flexibility index (Phi) is 5.83. The normalized spacial score (nSPS) is 13.7. The molecule has 1 unspecified atom stereocenters. The van der Waals surface area contributed by atoms with Crippen LogP contribution < -0.4 is 10.2 Å². The van der Waals surface area contributed by atoms with E-state index in [4.69, 9.17) is 0 Å². The van der Waals surface area contributed by atoms with Crippen molar-refractivity contribution >= 4 is 11.6 Å². The van der Waals surface area contributed by atoms with Crippen LogP contribution in [0, 0.1) is 5.92 Å². The molecule has 1 amide bonds. The number of carbonyl (C=O) groups is 1. The van der Waals surface area contributed by atoms with E-state index in [1.807, 2.05) is 50.1 Å². The van der Waals surface area contributed by atoms with Crippen molar-refractivity contribution < 1.29 is 9.90 Å². The molecule has 0 saturated carbocycles. The molecule has 0 saturated heterocycles. The molecule has 0 aliphatic carbocycles. The molecule has 0 radical (unpaired) electrons. The summed E-state index contributed by atoms with van der Waals surface area (Å²) in [5, 5.41) is 12.7. The molecule has 4 nitrogen and oxygen atoms in total. The summed E-state index contributed by atoms with van der Waals surface area (Å²) in [5.74, 6) is -0.0674. The fourth-order valence-corrected chi connectivity index (χ4v) is 2.18. The van der Waals surface area contributed by atoms with Crippen molar-refractivity contribution in [2.24, 2.45) is 5.92 Å². The maximum Gasteiger partial charge on any atom is 0.224 e. The van der Waals surface area contributed by atoms with Crippen molar-refractivity contribution in [3.63, 3.8) is 0 Å². The van der Waals surface area contributed by atoms with Gasteiger partial charge in [-0.1, -0.05) is 32.0 Å². The van der Waals surface area contributed by atoms with Gasteiger partial charge in [0.1, 0.15) is 0 Å². The molecule has 1 aromatic carbocycles. The lowest BCUT2D eigenvalue weighted by molar-refractivity contribution is -0.123. The van der Waals surface area contributed by atoms with Crippen LogP contribution in [-0.2, 0) is 4.79 Å². The summed E-state index contributed by atoms with van der Waals surface area (Å²) in [6.07, 6.45) is 0.213. The third kappa shape index (κ3) is 3.96. The summed E-state index contributed by atoms with van der Waals surface area (Å²) in [6.45, 7) is 4.47. The van der Waals surface area contributed by atoms with Gasteiger partial charge in [0.05, 0.1) is 12.0 Å². The molecule has 0 fully saturated rings. The highest BCUT2D eigenvalue weighted by molar-refractivity contribution is 5.78. The molecular weight excluding hydrogens is 240 g/mol. The molecule has 1 rings (SSSR count). The summed E-state index contributed by atoms with van der Waals surface area (Å²) < 4.78 is 0. The quantitative estimate of drug-likeness (QED) is 0.825. The maximum absolute atomic E-state index is 11.6. The van der Waals surface area contributed by atoms with Crippen LogP contribution in [-0.4, -0.2) is 31.7 Å². The van der Waals surface area contributed by atoms with E-state index in [0.29, 0.717) is 13.0 Å². The Morgan fingerprint density at radius 1 is 1.42 bits per heavy atom. The maximum atomic E-state index is 11.6. The van der Waals surface area contributed by atoms with Gasteiger partial charge in [-0.15, -0.1) is 0 Å². The lowest BCUT2D eigenvalue weighted by Gasteiger charge is -2.26. The molecule has 2 N–H and O–H groups in total. The summed E-state index contributed by atoms with van der Waals surface area (Å²) in [4.78, 5) is 13.6. The smallest absolute Gasteiger partial charge is 0.224 e. The van der Waals surface area contributed by atoms with Crippen LogP contribution in [0.3, 0.4) is 0 Å². The van der Waals surface area contributed by atoms with Crippen LogP contribution in [0.15, 0.2) is 24.3 Å². The number of aliphatic hydroxyl groups is 1. The minimum atomic E-state index is -0.464. The van der Waals surface area contributed by atoms with Gasteiger partial charge in [-0.25, -0.2) is 0 Å². The second-order valence-corrected chi connectivity index (χ2v) is 4.88. The SMILES string of the molecule is CC[C@H](O)c1ccccc1N(C)CC(C)C(=O)NC. The Hall–Kier alpha value is -1.55. The van der Waals surface area contributed by atoms with Crippen LogP contribution in [0.4, 0.5) is 5.69 Å². The van der Waals surface area contributed by atoms with Gasteiger partial charge in [-0.05, 0) is 12.5 Å². The molecule has 106 valence electrons. The van der Waals surface area contributed by atoms with E-state index < -0.39 is 6.10 Å². The van der Waals surface area contributed by atoms with Crippen LogP contribution in [0.25, 0.3) is 0 Å². The van der Waals surface area contributed by atoms with E-state index >= 15 is 0 Å². The minimum Gasteiger partial charge on any atom is -0.388 e. The summed E-state index contributed by atoms with van der Waals surface area (Å²) >= 11 is 0. The zero-order chi connectivity index (χ0) is 14.4. The second kappa shape index (κ2) is 7.14. The number of carbonyl (C=O) groups excluding carboxylic acids is 1. The third-order valence-electron chi connectivity index (χ3n) is 3.34. The number of nitrogens with zero attached hydrogens (tertiary/aromatic N) is 1. The van der Waals surface area contributed by atoms with E-state index in [9.17, 15) is 9.90 Å². The molecule has 0 spiro atoms. The Morgan fingerprint density at radius 2 is 2.05 bits per heavy atom. The Morgan fingerprint density at radius 3 is 2.63 bits per heavy atom. The van der Waals surface area contributed by atoms with Crippen molar-refractivity contribution in [2.75, 3.05) is 25.5 Å². The molecular formula is C15H24N2O2. The molecule has 0 aliphatic rings. The fourth-order valence-electron chi connectivity index (χ4n) is 2.18. The van der Waals surface area contributed by atoms with Gasteiger partial charge in [0, 0.05) is 31.9 Å². The topological polar surface area (TPSA) is 52.6 Å². The number of anilines is 1. The van der Waals surface area contributed by atoms with Crippen molar-refractivity contribution in [3.05, 3.63) is 29.8 Å². The van der Waals surface area contributed by atoms with Gasteiger partial charge in [-0.2, -0.15) is 0 Å². The predicted octanol–water partition coefficient (Wildman–Crippen LogP) is 1.95. The standard InChI is InChI=1S/C15H24N2O2/c1-5-14(18)12-8-6-7-9-13(12)17(4)10-11(2)15(19)16-3/h6-9,11,14,18H,5,10H2,1-4H3,(H,16,19)/t11?,14-/m0/s1. The highest BCUT2D eigenvalue weighted by Gasteiger charge is 2.17. The van der Waals surface area contributed by atoms with E-state index in [-0.39, 0.29) is 11.8 Å². The third-order valence-corrected chi connectivity index (χ3v) is 3.34. The number of hydrogen-bond acceptors (Lipinski definition) is 3. The van der Waals surface area contributed by atoms with Gasteiger partial charge in [0.25, 0.3) is 0 Å². The van der Waals surface area contributed by atoms with Gasteiger partial charge < -0.3 is 15.3 Å². The predicted molar refractivity (Wildman–Crippen MR) is 78.2 cm³/mol. The first kappa shape index (κ1) is 15.5. The van der Waals surface area contributed by atoms with E-state index in [0.717, 1.165) is 11.3 Å². The average molecular weight is 264 g/mol. The van der Waals surface area contributed by atoms with E-state index in [1.165, 1.54) is 0 Å². The zero-order valence-electron chi connectivity index (χ0n) is 12.2. The first-order chi connectivity index (χ1) is 9.01. The fraction of sp³-hybridized carbons (Fsp3) is 0.533. The Labute approximate surface area is 115 Å². The zero-order valence-corrected chi connectivity index (χ0v) is 12.2. The van der Waals surface area contributed by atoms with Crippen molar-refractivity contribution in [3.8, 4) is 0 Å². The van der Waals surface area contributed by atoms with Crippen molar-refractivity contribution in [1.29, 1.82) is 0 Å². The summed E-state index contributed by atoms with van der Waals surface area (Å²) in [7, 11) is 3.59. The lowest BCUT2D eigenvalue weighted by atomic mass is 10.0. The number of amides is 1. The molecule has 19 heavy (non-hydrogen) atoms. The van der Waals surface area contributed by atoms with Crippen molar-refractivity contribution in [2.45, 2.75) is 26.4 Å². The number of para-hydroxylation sites is 1. The van der Waals surface area contributed by atoms with Crippen LogP contribution >= 0.6 is 0 Å². The summed E-state index contributed by atoms with van der Waals surface area (Å²) in [6, 6.07) is 7.78. The van der Waals surface area contributed by atoms with Gasteiger partial charge >= 0.3 is 0 Å². The first-order valence-electron chi connectivity index (χ1n) is 6.71. The number of nitrogens with one attached hydrogen (secondary N) is 1. The van der Waals surface area contributed by atoms with Gasteiger partial charge in [-0.3, -0.25) is 4.79 Å². The number of rotatable bonds is 6. The highest BCUT2D eigenvalue weighted by atomic mass is 16.3. The van der Waals surface area contributed by atoms with Crippen LogP contribution in [0.1, 0.15) is 31.9 Å². The minimum absolute atomic E-state index is 0.0281. The monoisotopic (exact) mass is 264 g/mol. The molecule has 0 aliphatic heterocycles. The Bertz CT molecular complexity index is 420. The van der Waals surface area contributed by atoms with E-state index in [1.54, 1.807) is 7.05 Å². The van der Waals surface area contributed by atoms with Crippen molar-refractivity contribution in [1.82, 2.24) is 5.32 Å². The number of benzene rings is 1. The van der Waals surface area contributed by atoms with Gasteiger partial charge in [0.2, 0.25) is 5.91 Å². The summed E-state index contributed by atoms with van der Waals surface area (Å²) in [5.41, 5.74) is 1.89. The second-order valence-electron chi connectivity index (χ2n) is 4.88. The largest absolute Gasteiger partial charge is 0.388 e. The highest BCUT2D eigenvalue weighted by Crippen LogP contribution is 2.27. The molecule has 0 heterocycles. The lowest BCUT2D eigenvalue weighted by Crippen LogP contribution is -2.34. The number of hydrogen-bond donors (Lipinski definition) is 2. The van der Waals surface area contributed by atoms with Crippen LogP contribution in [0.2, 0.25) is 0 Å². The average Bonchev–Trinajstić information content (AvgIpc) is 2.45. The molecule has 1 aromatic rings. The molecule has 2 atom stereocenters. The first-order valence-corrected chi connectivity index (χ1v) is 6.71. The molecule has 0 aromatic heterocycles.